The summed E-state index contributed by atoms with van der Waals surface area (Å²) in [6, 6.07) is 19.3. The summed E-state index contributed by atoms with van der Waals surface area (Å²) >= 11 is 0. The lowest BCUT2D eigenvalue weighted by molar-refractivity contribution is 0.0697. The van der Waals surface area contributed by atoms with Gasteiger partial charge < -0.3 is 24.8 Å². The van der Waals surface area contributed by atoms with E-state index in [4.69, 9.17) is 4.74 Å². The molecule has 0 amide bonds. The van der Waals surface area contributed by atoms with Crippen molar-refractivity contribution in [3.05, 3.63) is 83.6 Å². The van der Waals surface area contributed by atoms with Gasteiger partial charge in [-0.05, 0) is 66.6 Å². The second kappa shape index (κ2) is 10.2. The van der Waals surface area contributed by atoms with Crippen LogP contribution in [0, 0.1) is 0 Å². The van der Waals surface area contributed by atoms with E-state index in [0.29, 0.717) is 32.1 Å². The Labute approximate surface area is 204 Å². The third-order valence-corrected chi connectivity index (χ3v) is 6.71. The summed E-state index contributed by atoms with van der Waals surface area (Å²) in [6.45, 7) is 2.20. The van der Waals surface area contributed by atoms with Crippen LogP contribution in [0.5, 0.6) is 5.75 Å². The SMILES string of the molecule is O=C(O)c1ccc2c(-c3ccccc3)cn(CCOCCNc3cc4c(cc3O)CCCC4)c2c1. The molecule has 0 unspecified atom stereocenters. The van der Waals surface area contributed by atoms with Crippen LogP contribution in [0.25, 0.3) is 22.0 Å². The topological polar surface area (TPSA) is 83.7 Å². The van der Waals surface area contributed by atoms with Crippen molar-refractivity contribution < 1.29 is 19.7 Å². The maximum absolute atomic E-state index is 11.5. The van der Waals surface area contributed by atoms with Crippen molar-refractivity contribution in [3.8, 4) is 16.9 Å². The predicted octanol–water partition coefficient (Wildman–Crippen LogP) is 5.72. The number of hydrogen-bond acceptors (Lipinski definition) is 4. The van der Waals surface area contributed by atoms with E-state index < -0.39 is 5.97 Å². The first-order chi connectivity index (χ1) is 17.1. The van der Waals surface area contributed by atoms with Crippen LogP contribution in [0.4, 0.5) is 5.69 Å². The van der Waals surface area contributed by atoms with Gasteiger partial charge in [0.2, 0.25) is 0 Å². The van der Waals surface area contributed by atoms with Crippen molar-refractivity contribution in [1.29, 1.82) is 0 Å². The molecule has 4 aromatic rings. The third kappa shape index (κ3) is 5.03. The Balaban J connectivity index is 1.22. The smallest absolute Gasteiger partial charge is 0.335 e. The number of ether oxygens (including phenoxy) is 1. The van der Waals surface area contributed by atoms with Crippen LogP contribution in [0.1, 0.15) is 34.3 Å². The quantitative estimate of drug-likeness (QED) is 0.215. The first kappa shape index (κ1) is 23.0. The molecule has 0 saturated heterocycles. The normalized spacial score (nSPS) is 13.0. The molecule has 5 rings (SSSR count). The van der Waals surface area contributed by atoms with Gasteiger partial charge in [-0.15, -0.1) is 0 Å². The molecule has 6 heteroatoms. The molecule has 3 N–H and O–H groups in total. The van der Waals surface area contributed by atoms with Gasteiger partial charge in [-0.25, -0.2) is 4.79 Å². The number of carboxylic acid groups (broad SMARTS) is 1. The Morgan fingerprint density at radius 2 is 1.74 bits per heavy atom. The fourth-order valence-corrected chi connectivity index (χ4v) is 4.89. The highest BCUT2D eigenvalue weighted by Crippen LogP contribution is 2.32. The molecular weight excluding hydrogens is 440 g/mol. The number of fused-ring (bicyclic) bond motifs is 2. The van der Waals surface area contributed by atoms with Gasteiger partial charge in [0.1, 0.15) is 5.75 Å². The molecule has 0 radical (unpaired) electrons. The van der Waals surface area contributed by atoms with Crippen LogP contribution >= 0.6 is 0 Å². The number of carboxylic acids is 1. The average Bonchev–Trinajstić information content (AvgIpc) is 3.24. The molecule has 3 aromatic carbocycles. The molecule has 0 atom stereocenters. The van der Waals surface area contributed by atoms with E-state index in [1.165, 1.54) is 24.0 Å². The lowest BCUT2D eigenvalue weighted by Gasteiger charge is -2.18. The Kier molecular flexibility index (Phi) is 6.73. The number of phenolic OH excluding ortho intramolecular Hbond substituents is 1. The Hall–Kier alpha value is -3.77. The van der Waals surface area contributed by atoms with Crippen LogP contribution in [0.15, 0.2) is 66.9 Å². The number of anilines is 1. The van der Waals surface area contributed by atoms with Gasteiger partial charge in [0, 0.05) is 35.8 Å². The first-order valence-electron chi connectivity index (χ1n) is 12.2. The number of aromatic nitrogens is 1. The molecule has 0 fully saturated rings. The van der Waals surface area contributed by atoms with Crippen molar-refractivity contribution in [3.63, 3.8) is 0 Å². The average molecular weight is 471 g/mol. The van der Waals surface area contributed by atoms with E-state index in [2.05, 4.69) is 34.3 Å². The van der Waals surface area contributed by atoms with Crippen molar-refractivity contribution in [1.82, 2.24) is 4.57 Å². The van der Waals surface area contributed by atoms with Crippen LogP contribution in [0.2, 0.25) is 0 Å². The molecule has 1 aromatic heterocycles. The molecule has 6 nitrogen and oxygen atoms in total. The summed E-state index contributed by atoms with van der Waals surface area (Å²) in [5.74, 6) is -0.638. The van der Waals surface area contributed by atoms with E-state index in [1.807, 2.05) is 30.3 Å². The van der Waals surface area contributed by atoms with Gasteiger partial charge in [0.15, 0.2) is 0 Å². The molecule has 0 bridgehead atoms. The zero-order chi connectivity index (χ0) is 24.2. The molecule has 35 heavy (non-hydrogen) atoms. The number of aromatic hydroxyl groups is 1. The van der Waals surface area contributed by atoms with Gasteiger partial charge in [0.25, 0.3) is 0 Å². The van der Waals surface area contributed by atoms with E-state index in [-0.39, 0.29) is 5.56 Å². The Morgan fingerprint density at radius 3 is 2.51 bits per heavy atom. The van der Waals surface area contributed by atoms with Crippen LogP contribution in [0.3, 0.4) is 0 Å². The van der Waals surface area contributed by atoms with E-state index in [1.54, 1.807) is 12.1 Å². The second-order valence-electron chi connectivity index (χ2n) is 9.02. The summed E-state index contributed by atoms with van der Waals surface area (Å²) in [7, 11) is 0. The number of carbonyl (C=O) groups is 1. The maximum atomic E-state index is 11.5. The Bertz CT molecular complexity index is 1340. The first-order valence-corrected chi connectivity index (χ1v) is 12.2. The zero-order valence-corrected chi connectivity index (χ0v) is 19.7. The van der Waals surface area contributed by atoms with Crippen LogP contribution in [-0.4, -0.2) is 40.5 Å². The van der Waals surface area contributed by atoms with Crippen LogP contribution in [-0.2, 0) is 24.1 Å². The highest BCUT2D eigenvalue weighted by Gasteiger charge is 2.14. The predicted molar refractivity (Wildman–Crippen MR) is 138 cm³/mol. The van der Waals surface area contributed by atoms with Gasteiger partial charge in [-0.2, -0.15) is 0 Å². The highest BCUT2D eigenvalue weighted by molar-refractivity contribution is 6.00. The minimum atomic E-state index is -0.936. The molecule has 0 saturated carbocycles. The second-order valence-corrected chi connectivity index (χ2v) is 9.02. The van der Waals surface area contributed by atoms with Gasteiger partial charge in [-0.1, -0.05) is 36.4 Å². The van der Waals surface area contributed by atoms with Crippen LogP contribution < -0.4 is 5.32 Å². The van der Waals surface area contributed by atoms with Crippen molar-refractivity contribution in [2.24, 2.45) is 0 Å². The van der Waals surface area contributed by atoms with Crippen molar-refractivity contribution in [2.45, 2.75) is 32.2 Å². The zero-order valence-electron chi connectivity index (χ0n) is 19.7. The lowest BCUT2D eigenvalue weighted by Crippen LogP contribution is -2.13. The van der Waals surface area contributed by atoms with E-state index in [9.17, 15) is 15.0 Å². The molecule has 0 aliphatic heterocycles. The number of hydrogen-bond donors (Lipinski definition) is 3. The summed E-state index contributed by atoms with van der Waals surface area (Å²) in [6.07, 6.45) is 6.57. The van der Waals surface area contributed by atoms with E-state index >= 15 is 0 Å². The minimum absolute atomic E-state index is 0.270. The number of nitrogens with one attached hydrogen (secondary N) is 1. The van der Waals surface area contributed by atoms with Gasteiger partial charge in [0.05, 0.1) is 24.5 Å². The van der Waals surface area contributed by atoms with Crippen molar-refractivity contribution in [2.75, 3.05) is 25.1 Å². The summed E-state index contributed by atoms with van der Waals surface area (Å²) in [4.78, 5) is 11.5. The highest BCUT2D eigenvalue weighted by atomic mass is 16.5. The molecule has 1 aliphatic rings. The van der Waals surface area contributed by atoms with Crippen molar-refractivity contribution >= 4 is 22.6 Å². The number of aromatic carboxylic acids is 1. The lowest BCUT2D eigenvalue weighted by atomic mass is 9.91. The summed E-state index contributed by atoms with van der Waals surface area (Å²) < 4.78 is 7.93. The molecule has 180 valence electrons. The fraction of sp³-hybridized carbons (Fsp3) is 0.276. The fourth-order valence-electron chi connectivity index (χ4n) is 4.89. The monoisotopic (exact) mass is 470 g/mol. The number of benzene rings is 3. The van der Waals surface area contributed by atoms with Gasteiger partial charge >= 0.3 is 5.97 Å². The summed E-state index contributed by atoms with van der Waals surface area (Å²) in [5, 5.41) is 24.1. The standard InChI is InChI=1S/C29H30N2O4/c32-28-18-22-9-5-4-8-21(22)16-26(28)30-12-14-35-15-13-31-19-25(20-6-2-1-3-7-20)24-11-10-23(29(33)34)17-27(24)31/h1-3,6-7,10-11,16-19,30,32H,4-5,8-9,12-15H2,(H,33,34). The maximum Gasteiger partial charge on any atom is 0.335 e. The molecular formula is C29H30N2O4. The van der Waals surface area contributed by atoms with E-state index in [0.717, 1.165) is 40.6 Å². The summed E-state index contributed by atoms with van der Waals surface area (Å²) in [5.41, 5.74) is 6.66. The third-order valence-electron chi connectivity index (χ3n) is 6.71. The largest absolute Gasteiger partial charge is 0.506 e. The van der Waals surface area contributed by atoms with Gasteiger partial charge in [-0.3, -0.25) is 0 Å². The molecule has 1 aliphatic carbocycles. The number of aryl methyl sites for hydroxylation is 2. The molecule has 0 spiro atoms. The minimum Gasteiger partial charge on any atom is -0.506 e. The number of rotatable bonds is 9. The molecule has 1 heterocycles. The number of phenols is 1. The number of nitrogens with zero attached hydrogens (tertiary/aromatic N) is 1. The Morgan fingerprint density at radius 1 is 0.971 bits per heavy atom.